The van der Waals surface area contributed by atoms with Crippen molar-refractivity contribution in [2.24, 2.45) is 0 Å². The molecule has 0 spiro atoms. The van der Waals surface area contributed by atoms with Gasteiger partial charge in [-0.3, -0.25) is 19.7 Å². The third-order valence-electron chi connectivity index (χ3n) is 4.17. The lowest BCUT2D eigenvalue weighted by molar-refractivity contribution is -0.384. The van der Waals surface area contributed by atoms with E-state index >= 15 is 0 Å². The second-order valence-electron chi connectivity index (χ2n) is 5.89. The van der Waals surface area contributed by atoms with Crippen LogP contribution in [0.4, 0.5) is 18.9 Å². The number of nitro benzene ring substituents is 1. The molecule has 0 fully saturated rings. The third-order valence-corrected chi connectivity index (χ3v) is 4.17. The lowest BCUT2D eigenvalue weighted by Crippen LogP contribution is -2.37. The van der Waals surface area contributed by atoms with Gasteiger partial charge < -0.3 is 9.47 Å². The molecule has 1 heterocycles. The van der Waals surface area contributed by atoms with Crippen molar-refractivity contribution in [3.63, 3.8) is 0 Å². The summed E-state index contributed by atoms with van der Waals surface area (Å²) in [5, 5.41) is 10.9. The Labute approximate surface area is 151 Å². The molecule has 0 radical (unpaired) electrons. The van der Waals surface area contributed by atoms with Gasteiger partial charge in [0.05, 0.1) is 11.0 Å². The minimum Gasteiger partial charge on any atom is -0.337 e. The normalized spacial score (nSPS) is 12.5. The smallest absolute Gasteiger partial charge is 0.337 e. The highest BCUT2D eigenvalue weighted by Gasteiger charge is 2.34. The molecule has 1 atom stereocenters. The van der Waals surface area contributed by atoms with E-state index in [1.807, 2.05) is 0 Å². The Kier molecular flexibility index (Phi) is 5.67. The lowest BCUT2D eigenvalue weighted by Gasteiger charge is -2.25. The van der Waals surface area contributed by atoms with E-state index in [2.05, 4.69) is 0 Å². The molecule has 0 unspecified atom stereocenters. The van der Waals surface area contributed by atoms with E-state index in [4.69, 9.17) is 0 Å². The van der Waals surface area contributed by atoms with Crippen LogP contribution in [-0.2, 0) is 17.5 Å². The van der Waals surface area contributed by atoms with Crippen LogP contribution in [0, 0.1) is 10.1 Å². The summed E-state index contributed by atoms with van der Waals surface area (Å²) in [6.45, 7) is 1.03. The van der Waals surface area contributed by atoms with Gasteiger partial charge in [0.1, 0.15) is 12.1 Å². The van der Waals surface area contributed by atoms with Crippen LogP contribution >= 0.6 is 0 Å². The first-order valence-corrected chi connectivity index (χ1v) is 7.79. The molecule has 0 aliphatic carbocycles. The molecule has 1 aromatic carbocycles. The zero-order valence-corrected chi connectivity index (χ0v) is 14.4. The Morgan fingerprint density at radius 3 is 2.56 bits per heavy atom. The first-order valence-electron chi connectivity index (χ1n) is 7.79. The van der Waals surface area contributed by atoms with Crippen LogP contribution in [0.15, 0.2) is 47.4 Å². The lowest BCUT2D eigenvalue weighted by atomic mass is 10.1. The SMILES string of the molecule is C[C@@H](c1cccc([N+](=O)[O-])c1)N(C)C(=O)Cn1cccc(C(F)(F)F)c1=O. The number of non-ortho nitro benzene ring substituents is 1. The van der Waals surface area contributed by atoms with Crippen molar-refractivity contribution < 1.29 is 22.9 Å². The molecule has 0 aliphatic heterocycles. The largest absolute Gasteiger partial charge is 0.421 e. The Hall–Kier alpha value is -3.17. The van der Waals surface area contributed by atoms with Crippen molar-refractivity contribution >= 4 is 11.6 Å². The summed E-state index contributed by atoms with van der Waals surface area (Å²) in [6.07, 6.45) is -3.72. The molecule has 7 nitrogen and oxygen atoms in total. The summed E-state index contributed by atoms with van der Waals surface area (Å²) < 4.78 is 39.1. The number of carbonyl (C=O) groups is 1. The van der Waals surface area contributed by atoms with E-state index in [1.54, 1.807) is 13.0 Å². The van der Waals surface area contributed by atoms with Crippen LogP contribution in [0.1, 0.15) is 24.1 Å². The van der Waals surface area contributed by atoms with Crippen LogP contribution in [0.5, 0.6) is 0 Å². The molecule has 0 aliphatic rings. The monoisotopic (exact) mass is 383 g/mol. The molecule has 1 aromatic heterocycles. The summed E-state index contributed by atoms with van der Waals surface area (Å²) in [7, 11) is 1.41. The molecule has 2 rings (SSSR count). The van der Waals surface area contributed by atoms with Crippen LogP contribution in [0.3, 0.4) is 0 Å². The van der Waals surface area contributed by atoms with Crippen molar-refractivity contribution in [1.82, 2.24) is 9.47 Å². The van der Waals surface area contributed by atoms with E-state index in [9.17, 15) is 32.9 Å². The van der Waals surface area contributed by atoms with Crippen molar-refractivity contribution in [2.45, 2.75) is 25.7 Å². The average Bonchev–Trinajstić information content (AvgIpc) is 2.61. The number of carbonyl (C=O) groups excluding carboxylic acids is 1. The van der Waals surface area contributed by atoms with Crippen LogP contribution in [-0.4, -0.2) is 27.3 Å². The van der Waals surface area contributed by atoms with E-state index in [0.29, 0.717) is 16.2 Å². The highest BCUT2D eigenvalue weighted by molar-refractivity contribution is 5.76. The third kappa shape index (κ3) is 4.52. The number of nitro groups is 1. The summed E-state index contributed by atoms with van der Waals surface area (Å²) in [6, 6.07) is 6.79. The predicted octanol–water partition coefficient (Wildman–Crippen LogP) is 2.99. The van der Waals surface area contributed by atoms with Gasteiger partial charge in [0.15, 0.2) is 0 Å². The molecule has 0 saturated heterocycles. The van der Waals surface area contributed by atoms with Gasteiger partial charge in [0.25, 0.3) is 11.2 Å². The molecule has 1 amide bonds. The van der Waals surface area contributed by atoms with Crippen LogP contribution in [0.25, 0.3) is 0 Å². The van der Waals surface area contributed by atoms with Gasteiger partial charge in [-0.05, 0) is 24.6 Å². The zero-order chi connectivity index (χ0) is 20.4. The number of aromatic nitrogens is 1. The second-order valence-corrected chi connectivity index (χ2v) is 5.89. The highest BCUT2D eigenvalue weighted by atomic mass is 19.4. The fourth-order valence-corrected chi connectivity index (χ4v) is 2.47. The number of pyridine rings is 1. The predicted molar refractivity (Wildman–Crippen MR) is 90.0 cm³/mol. The number of amides is 1. The maximum Gasteiger partial charge on any atom is 0.421 e. The first kappa shape index (κ1) is 20.1. The quantitative estimate of drug-likeness (QED) is 0.587. The van der Waals surface area contributed by atoms with E-state index in [-0.39, 0.29) is 5.69 Å². The summed E-state index contributed by atoms with van der Waals surface area (Å²) >= 11 is 0. The minimum absolute atomic E-state index is 0.144. The molecule has 2 aromatic rings. The molecule has 10 heteroatoms. The Balaban J connectivity index is 2.22. The number of nitrogens with zero attached hydrogens (tertiary/aromatic N) is 3. The fraction of sp³-hybridized carbons (Fsp3) is 0.294. The van der Waals surface area contributed by atoms with Crippen LogP contribution in [0.2, 0.25) is 0 Å². The van der Waals surface area contributed by atoms with E-state index < -0.39 is 40.7 Å². The standard InChI is InChI=1S/C17H16F3N3O4/c1-11(12-5-3-6-13(9-12)23(26)27)21(2)15(24)10-22-8-4-7-14(16(22)25)17(18,19)20/h3-9,11H,10H2,1-2H3/t11-/m0/s1. The molecular weight excluding hydrogens is 367 g/mol. The topological polar surface area (TPSA) is 85.4 Å². The summed E-state index contributed by atoms with van der Waals surface area (Å²) in [4.78, 5) is 35.9. The van der Waals surface area contributed by atoms with Gasteiger partial charge in [-0.15, -0.1) is 0 Å². The number of likely N-dealkylation sites (N-methyl/N-ethyl adjacent to an activating group) is 1. The van der Waals surface area contributed by atoms with Crippen molar-refractivity contribution in [2.75, 3.05) is 7.05 Å². The van der Waals surface area contributed by atoms with Gasteiger partial charge in [0.2, 0.25) is 5.91 Å². The van der Waals surface area contributed by atoms with E-state index in [1.165, 1.54) is 30.1 Å². The fourth-order valence-electron chi connectivity index (χ4n) is 2.47. The minimum atomic E-state index is -4.81. The molecule has 0 N–H and O–H groups in total. The van der Waals surface area contributed by atoms with Gasteiger partial charge in [-0.2, -0.15) is 13.2 Å². The molecule has 0 bridgehead atoms. The number of halogens is 3. The van der Waals surface area contributed by atoms with Gasteiger partial charge >= 0.3 is 6.18 Å². The number of alkyl halides is 3. The molecule has 144 valence electrons. The highest BCUT2D eigenvalue weighted by Crippen LogP contribution is 2.26. The van der Waals surface area contributed by atoms with Crippen molar-refractivity contribution in [3.8, 4) is 0 Å². The number of hydrogen-bond donors (Lipinski definition) is 0. The Morgan fingerprint density at radius 2 is 1.96 bits per heavy atom. The number of rotatable bonds is 5. The first-order chi connectivity index (χ1) is 12.5. The van der Waals surface area contributed by atoms with Gasteiger partial charge in [0, 0.05) is 25.4 Å². The number of hydrogen-bond acceptors (Lipinski definition) is 4. The maximum atomic E-state index is 12.8. The van der Waals surface area contributed by atoms with Crippen molar-refractivity contribution in [1.29, 1.82) is 0 Å². The zero-order valence-electron chi connectivity index (χ0n) is 14.4. The number of benzene rings is 1. The molecule has 27 heavy (non-hydrogen) atoms. The summed E-state index contributed by atoms with van der Waals surface area (Å²) in [5.74, 6) is -0.615. The molecular formula is C17H16F3N3O4. The Bertz CT molecular complexity index is 924. The Morgan fingerprint density at radius 1 is 1.30 bits per heavy atom. The van der Waals surface area contributed by atoms with Gasteiger partial charge in [-0.25, -0.2) is 0 Å². The van der Waals surface area contributed by atoms with E-state index in [0.717, 1.165) is 12.3 Å². The van der Waals surface area contributed by atoms with Gasteiger partial charge in [-0.1, -0.05) is 12.1 Å². The average molecular weight is 383 g/mol. The van der Waals surface area contributed by atoms with Crippen molar-refractivity contribution in [3.05, 3.63) is 74.2 Å². The second kappa shape index (κ2) is 7.60. The maximum absolute atomic E-state index is 12.8. The van der Waals surface area contributed by atoms with Crippen LogP contribution < -0.4 is 5.56 Å². The molecule has 0 saturated carbocycles. The summed E-state index contributed by atoms with van der Waals surface area (Å²) in [5.41, 5.74) is -2.33.